The van der Waals surface area contributed by atoms with Crippen molar-refractivity contribution in [3.63, 3.8) is 0 Å². The highest BCUT2D eigenvalue weighted by Crippen LogP contribution is 2.68. The average molecular weight is 886 g/mol. The third kappa shape index (κ3) is 6.48. The third-order valence-electron chi connectivity index (χ3n) is 10.1. The van der Waals surface area contributed by atoms with Gasteiger partial charge in [0.2, 0.25) is 15.9 Å². The normalized spacial score (nSPS) is 20.1. The smallest absolute Gasteiger partial charge is 0.293 e. The van der Waals surface area contributed by atoms with E-state index in [-0.39, 0.29) is 62.8 Å². The number of nitrogens with zero attached hydrogens (tertiary/aromatic N) is 6. The molecule has 2 aromatic carbocycles. The molecule has 1 saturated carbocycles. The Balaban J connectivity index is 1.29. The summed E-state index contributed by atoms with van der Waals surface area (Å²) < 4.78 is 118. The molecular formula is C35H28BrClF6N8O4S. The van der Waals surface area contributed by atoms with Crippen LogP contribution in [0.2, 0.25) is 0 Å². The zero-order valence-corrected chi connectivity index (χ0v) is 32.2. The van der Waals surface area contributed by atoms with Gasteiger partial charge in [0.05, 0.1) is 40.5 Å². The van der Waals surface area contributed by atoms with E-state index in [0.29, 0.717) is 15.2 Å². The molecule has 3 aromatic heterocycles. The Morgan fingerprint density at radius 3 is 2.54 bits per heavy atom. The van der Waals surface area contributed by atoms with Crippen LogP contribution < -0.4 is 15.6 Å². The van der Waals surface area contributed by atoms with E-state index in [9.17, 15) is 35.6 Å². The van der Waals surface area contributed by atoms with Crippen molar-refractivity contribution >= 4 is 65.2 Å². The fraction of sp³-hybridized carbons (Fsp3) is 0.343. The van der Waals surface area contributed by atoms with E-state index in [1.807, 2.05) is 0 Å². The first-order valence-electron chi connectivity index (χ1n) is 17.0. The monoisotopic (exact) mass is 884 g/mol. The van der Waals surface area contributed by atoms with Gasteiger partial charge in [0, 0.05) is 40.5 Å². The molecule has 8 rings (SSSR count). The van der Waals surface area contributed by atoms with Gasteiger partial charge in [0.15, 0.2) is 5.82 Å². The maximum Gasteiger partial charge on any atom is 0.293 e. The van der Waals surface area contributed by atoms with Gasteiger partial charge in [-0.3, -0.25) is 28.2 Å². The van der Waals surface area contributed by atoms with Crippen molar-refractivity contribution in [2.75, 3.05) is 11.0 Å². The van der Waals surface area contributed by atoms with Gasteiger partial charge in [-0.25, -0.2) is 31.0 Å². The number of fused-ring (bicyclic) bond motifs is 5. The van der Waals surface area contributed by atoms with Gasteiger partial charge in [-0.1, -0.05) is 23.7 Å². The lowest BCUT2D eigenvalue weighted by molar-refractivity contribution is -0.123. The SMILES string of the molecule is Cn1nc(NS(C)(=O)=O)c2c1C(n1c(C(Cc3cc(F)cc(F)c3)NC(=O)Cn3nc(C(F)F)c4c3C(F)(F)[C@@H]3C[C@H]43)nc3cccc(Br)c3c1=O)CC=C2Cl. The first-order chi connectivity index (χ1) is 26.3. The van der Waals surface area contributed by atoms with Gasteiger partial charge in [-0.05, 0) is 64.5 Å². The lowest BCUT2D eigenvalue weighted by Gasteiger charge is -2.30. The molecule has 0 spiro atoms. The molecule has 2 N–H and O–H groups in total. The Morgan fingerprint density at radius 2 is 1.86 bits per heavy atom. The molecular weight excluding hydrogens is 858 g/mol. The number of halogens is 8. The maximum atomic E-state index is 15.4. The van der Waals surface area contributed by atoms with E-state index in [2.05, 4.69) is 36.2 Å². The Morgan fingerprint density at radius 1 is 1.14 bits per heavy atom. The van der Waals surface area contributed by atoms with Crippen LogP contribution in [-0.4, -0.2) is 49.7 Å². The van der Waals surface area contributed by atoms with Crippen molar-refractivity contribution in [1.82, 2.24) is 34.4 Å². The molecule has 3 aliphatic carbocycles. The second-order valence-electron chi connectivity index (χ2n) is 14.0. The highest BCUT2D eigenvalue weighted by atomic mass is 79.9. The molecule has 21 heteroatoms. The molecule has 4 atom stereocenters. The minimum Gasteiger partial charge on any atom is -0.344 e. The van der Waals surface area contributed by atoms with Gasteiger partial charge in [-0.15, -0.1) is 0 Å². The summed E-state index contributed by atoms with van der Waals surface area (Å²) in [7, 11) is -2.37. The third-order valence-corrected chi connectivity index (χ3v) is 11.7. The Bertz CT molecular complexity index is 2680. The first kappa shape index (κ1) is 38.2. The van der Waals surface area contributed by atoms with E-state index in [0.717, 1.165) is 18.4 Å². The molecule has 0 aliphatic heterocycles. The van der Waals surface area contributed by atoms with E-state index in [4.69, 9.17) is 16.6 Å². The number of carbonyl (C=O) groups is 1. The lowest BCUT2D eigenvalue weighted by atomic mass is 9.96. The summed E-state index contributed by atoms with van der Waals surface area (Å²) in [4.78, 5) is 33.5. The summed E-state index contributed by atoms with van der Waals surface area (Å²) in [5, 5.41) is 10.9. The van der Waals surface area contributed by atoms with E-state index < -0.39 is 93.7 Å². The van der Waals surface area contributed by atoms with Crippen LogP contribution in [0.3, 0.4) is 0 Å². The number of hydrogen-bond donors (Lipinski definition) is 2. The van der Waals surface area contributed by atoms with Gasteiger partial charge in [0.25, 0.3) is 17.9 Å². The Labute approximate surface area is 326 Å². The number of alkyl halides is 4. The maximum absolute atomic E-state index is 15.4. The molecule has 0 saturated heterocycles. The summed E-state index contributed by atoms with van der Waals surface area (Å²) >= 11 is 10.0. The van der Waals surface area contributed by atoms with Crippen LogP contribution in [0, 0.1) is 17.6 Å². The standard InChI is InChI=1S/C35H28BrClF6N8O4S/c1-49-29-23(7-6-20(37)27(29)32(47-49)48-56(2,54)55)51-33(45-21-5-3-4-19(36)26(21)34(51)53)22(10-14-8-15(38)11-16(39)9-14)44-24(52)13-50-30-25(28(46-50)31(40)41)17-12-18(17)35(30,42)43/h3-6,8-9,11,17-18,22-23,31H,7,10,12-13H2,1-2H3,(H,44,52)(H,47,48)/t17-,18+,22?,23?/m0/s1. The van der Waals surface area contributed by atoms with E-state index >= 15 is 8.78 Å². The lowest BCUT2D eigenvalue weighted by Crippen LogP contribution is -2.40. The molecule has 1 fully saturated rings. The van der Waals surface area contributed by atoms with Crippen LogP contribution in [0.4, 0.5) is 32.2 Å². The molecule has 56 heavy (non-hydrogen) atoms. The fourth-order valence-corrected chi connectivity index (χ4v) is 9.24. The highest BCUT2D eigenvalue weighted by molar-refractivity contribution is 9.10. The Kier molecular flexibility index (Phi) is 9.19. The number of allylic oxidation sites excluding steroid dienone is 1. The molecule has 3 aliphatic rings. The largest absolute Gasteiger partial charge is 0.344 e. The number of nitrogens with one attached hydrogen (secondary N) is 2. The van der Waals surface area contributed by atoms with Crippen LogP contribution in [0.1, 0.15) is 76.9 Å². The zero-order chi connectivity index (χ0) is 40.2. The van der Waals surface area contributed by atoms with E-state index in [1.54, 1.807) is 12.1 Å². The minimum atomic E-state index is -3.87. The number of carbonyl (C=O) groups excluding carboxylic acids is 1. The van der Waals surface area contributed by atoms with Crippen molar-refractivity contribution in [1.29, 1.82) is 0 Å². The molecule has 2 unspecified atom stereocenters. The van der Waals surface area contributed by atoms with Gasteiger partial charge in [-0.2, -0.15) is 19.0 Å². The second-order valence-corrected chi connectivity index (χ2v) is 17.0. The quantitative estimate of drug-likeness (QED) is 0.151. The molecule has 0 bridgehead atoms. The molecule has 5 aromatic rings. The van der Waals surface area contributed by atoms with Crippen molar-refractivity contribution in [3.05, 3.63) is 109 Å². The predicted octanol–water partition coefficient (Wildman–Crippen LogP) is 6.56. The number of anilines is 1. The molecule has 3 heterocycles. The van der Waals surface area contributed by atoms with E-state index in [1.165, 1.54) is 28.4 Å². The predicted molar refractivity (Wildman–Crippen MR) is 195 cm³/mol. The number of aryl methyl sites for hydroxylation is 1. The number of benzene rings is 2. The van der Waals surface area contributed by atoms with Crippen molar-refractivity contribution in [3.8, 4) is 0 Å². The number of rotatable bonds is 10. The van der Waals surface area contributed by atoms with Crippen molar-refractivity contribution in [2.45, 2.75) is 56.2 Å². The molecule has 294 valence electrons. The van der Waals surface area contributed by atoms with Crippen molar-refractivity contribution in [2.24, 2.45) is 13.0 Å². The van der Waals surface area contributed by atoms with Crippen LogP contribution in [-0.2, 0) is 40.8 Å². The van der Waals surface area contributed by atoms with Gasteiger partial charge < -0.3 is 5.32 Å². The van der Waals surface area contributed by atoms with Crippen LogP contribution in [0.15, 0.2) is 51.7 Å². The topological polar surface area (TPSA) is 146 Å². The first-order valence-corrected chi connectivity index (χ1v) is 20.0. The number of sulfonamides is 1. The summed E-state index contributed by atoms with van der Waals surface area (Å²) in [6, 6.07) is 4.86. The molecule has 1 amide bonds. The molecule has 0 radical (unpaired) electrons. The summed E-state index contributed by atoms with van der Waals surface area (Å²) in [5.74, 6) is -8.74. The summed E-state index contributed by atoms with van der Waals surface area (Å²) in [5.41, 5.74) is -1.99. The second kappa shape index (κ2) is 13.5. The average Bonchev–Trinajstić information content (AvgIpc) is 3.63. The minimum absolute atomic E-state index is 0.00183. The van der Waals surface area contributed by atoms with Gasteiger partial charge >= 0.3 is 0 Å². The Hall–Kier alpha value is -4.69. The number of amides is 1. The van der Waals surface area contributed by atoms with Crippen LogP contribution in [0.25, 0.3) is 15.9 Å². The fourth-order valence-electron chi connectivity index (χ4n) is 7.95. The summed E-state index contributed by atoms with van der Waals surface area (Å²) in [6.07, 6.45) is -1.12. The molecule has 12 nitrogen and oxygen atoms in total. The summed E-state index contributed by atoms with van der Waals surface area (Å²) in [6.45, 7) is -0.949. The zero-order valence-electron chi connectivity index (χ0n) is 29.0. The number of hydrogen-bond acceptors (Lipinski definition) is 7. The van der Waals surface area contributed by atoms with Crippen molar-refractivity contribution < 1.29 is 39.6 Å². The highest BCUT2D eigenvalue weighted by Gasteiger charge is 2.67. The van der Waals surface area contributed by atoms with Crippen LogP contribution >= 0.6 is 27.5 Å². The number of aromatic nitrogens is 6. The van der Waals surface area contributed by atoms with Crippen LogP contribution in [0.5, 0.6) is 0 Å². The van der Waals surface area contributed by atoms with Gasteiger partial charge in [0.1, 0.15) is 35.4 Å².